The second kappa shape index (κ2) is 5.31. The van der Waals surface area contributed by atoms with Gasteiger partial charge in [0.05, 0.1) is 6.61 Å². The number of hydrogen-bond acceptors (Lipinski definition) is 5. The van der Waals surface area contributed by atoms with Gasteiger partial charge in [0.1, 0.15) is 12.7 Å². The predicted octanol–water partition coefficient (Wildman–Crippen LogP) is 0.515. The highest BCUT2D eigenvalue weighted by Crippen LogP contribution is 2.23. The van der Waals surface area contributed by atoms with Crippen molar-refractivity contribution < 1.29 is 14.9 Å². The van der Waals surface area contributed by atoms with E-state index in [1.165, 1.54) is 6.07 Å². The number of ether oxygens (including phenoxy) is 1. The van der Waals surface area contributed by atoms with Crippen LogP contribution in [0.25, 0.3) is 0 Å². The Balaban J connectivity index is 2.62. The van der Waals surface area contributed by atoms with Gasteiger partial charge in [-0.3, -0.25) is 0 Å². The SMILES string of the molecule is OC[C@H](O)COc1cc(Cl)nnc1Cl. The molecule has 2 N–H and O–H groups in total. The normalized spacial score (nSPS) is 12.6. The van der Waals surface area contributed by atoms with E-state index in [9.17, 15) is 0 Å². The van der Waals surface area contributed by atoms with Gasteiger partial charge < -0.3 is 14.9 Å². The van der Waals surface area contributed by atoms with Crippen molar-refractivity contribution in [2.75, 3.05) is 13.2 Å². The Labute approximate surface area is 90.2 Å². The van der Waals surface area contributed by atoms with Crippen molar-refractivity contribution in [1.82, 2.24) is 10.2 Å². The minimum atomic E-state index is -0.960. The van der Waals surface area contributed by atoms with Gasteiger partial charge >= 0.3 is 0 Å². The first-order chi connectivity index (χ1) is 6.63. The molecule has 7 heteroatoms. The number of rotatable bonds is 4. The van der Waals surface area contributed by atoms with E-state index in [0.717, 1.165) is 0 Å². The van der Waals surface area contributed by atoms with Gasteiger partial charge in [0.25, 0.3) is 0 Å². The molecule has 1 heterocycles. The van der Waals surface area contributed by atoms with E-state index in [1.807, 2.05) is 0 Å². The first-order valence-electron chi connectivity index (χ1n) is 3.74. The van der Waals surface area contributed by atoms with Crippen LogP contribution in [0, 0.1) is 0 Å². The lowest BCUT2D eigenvalue weighted by Crippen LogP contribution is -2.21. The number of aliphatic hydroxyl groups excluding tert-OH is 2. The number of nitrogens with zero attached hydrogens (tertiary/aromatic N) is 2. The summed E-state index contributed by atoms with van der Waals surface area (Å²) in [6.45, 7) is -0.470. The predicted molar refractivity (Wildman–Crippen MR) is 50.6 cm³/mol. The molecule has 0 unspecified atom stereocenters. The summed E-state index contributed by atoms with van der Waals surface area (Å²) in [5.74, 6) is 0.221. The Bertz CT molecular complexity index is 311. The van der Waals surface area contributed by atoms with Crippen LogP contribution < -0.4 is 4.74 Å². The molecule has 0 fully saturated rings. The molecule has 0 radical (unpaired) electrons. The van der Waals surface area contributed by atoms with Crippen LogP contribution in [-0.2, 0) is 0 Å². The maximum absolute atomic E-state index is 8.99. The number of halogens is 2. The van der Waals surface area contributed by atoms with Crippen LogP contribution in [0.4, 0.5) is 0 Å². The van der Waals surface area contributed by atoms with Crippen LogP contribution in [0.5, 0.6) is 5.75 Å². The molecule has 0 bridgehead atoms. The van der Waals surface area contributed by atoms with E-state index in [1.54, 1.807) is 0 Å². The number of hydrogen-bond donors (Lipinski definition) is 2. The van der Waals surface area contributed by atoms with Crippen LogP contribution in [0.3, 0.4) is 0 Å². The summed E-state index contributed by atoms with van der Waals surface area (Å²) in [5, 5.41) is 24.7. The summed E-state index contributed by atoms with van der Waals surface area (Å²) in [6, 6.07) is 1.38. The van der Waals surface area contributed by atoms with Crippen LogP contribution in [-0.4, -0.2) is 39.7 Å². The van der Waals surface area contributed by atoms with Crippen molar-refractivity contribution in [3.8, 4) is 5.75 Å². The number of aliphatic hydroxyl groups is 2. The Kier molecular flexibility index (Phi) is 4.34. The summed E-state index contributed by atoms with van der Waals surface area (Å²) < 4.78 is 5.04. The standard InChI is InChI=1S/C7H8Cl2N2O3/c8-6-1-5(7(9)11-10-6)14-3-4(13)2-12/h1,4,12-13H,2-3H2/t4-/m0/s1. The summed E-state index contributed by atoms with van der Waals surface area (Å²) >= 11 is 11.2. The molecule has 0 aromatic carbocycles. The lowest BCUT2D eigenvalue weighted by molar-refractivity contribution is 0.0535. The van der Waals surface area contributed by atoms with Gasteiger partial charge in [0.15, 0.2) is 16.1 Å². The van der Waals surface area contributed by atoms with Crippen LogP contribution >= 0.6 is 23.2 Å². The Morgan fingerprint density at radius 3 is 2.79 bits per heavy atom. The van der Waals surface area contributed by atoms with E-state index >= 15 is 0 Å². The molecule has 0 saturated heterocycles. The summed E-state index contributed by atoms with van der Waals surface area (Å²) in [6.07, 6.45) is -0.960. The van der Waals surface area contributed by atoms with Crippen molar-refractivity contribution in [1.29, 1.82) is 0 Å². The highest BCUT2D eigenvalue weighted by molar-refractivity contribution is 6.32. The highest BCUT2D eigenvalue weighted by Gasteiger charge is 2.08. The van der Waals surface area contributed by atoms with Gasteiger partial charge in [-0.25, -0.2) is 0 Å². The van der Waals surface area contributed by atoms with E-state index < -0.39 is 6.10 Å². The topological polar surface area (TPSA) is 75.5 Å². The molecular weight excluding hydrogens is 231 g/mol. The third-order valence-electron chi connectivity index (χ3n) is 1.33. The first-order valence-corrected chi connectivity index (χ1v) is 4.49. The van der Waals surface area contributed by atoms with Crippen molar-refractivity contribution >= 4 is 23.2 Å². The third-order valence-corrected chi connectivity index (χ3v) is 1.78. The van der Waals surface area contributed by atoms with Gasteiger partial charge in [-0.2, -0.15) is 0 Å². The zero-order valence-corrected chi connectivity index (χ0v) is 8.53. The van der Waals surface area contributed by atoms with E-state index in [-0.39, 0.29) is 29.3 Å². The third kappa shape index (κ3) is 3.26. The molecule has 14 heavy (non-hydrogen) atoms. The molecular formula is C7H8Cl2N2O3. The van der Waals surface area contributed by atoms with Crippen molar-refractivity contribution in [2.45, 2.75) is 6.10 Å². The lowest BCUT2D eigenvalue weighted by Gasteiger charge is -2.09. The van der Waals surface area contributed by atoms with Gasteiger partial charge in [0, 0.05) is 6.07 Å². The van der Waals surface area contributed by atoms with Gasteiger partial charge in [-0.05, 0) is 0 Å². The van der Waals surface area contributed by atoms with Crippen molar-refractivity contribution in [2.24, 2.45) is 0 Å². The van der Waals surface area contributed by atoms with Crippen LogP contribution in [0.1, 0.15) is 0 Å². The molecule has 0 spiro atoms. The fourth-order valence-electron chi connectivity index (χ4n) is 0.677. The molecule has 1 rings (SSSR count). The second-order valence-corrected chi connectivity index (χ2v) is 3.21. The quantitative estimate of drug-likeness (QED) is 0.800. The smallest absolute Gasteiger partial charge is 0.193 e. The maximum Gasteiger partial charge on any atom is 0.193 e. The molecule has 0 amide bonds. The second-order valence-electron chi connectivity index (χ2n) is 2.47. The zero-order valence-electron chi connectivity index (χ0n) is 7.02. The minimum Gasteiger partial charge on any atom is -0.487 e. The summed E-state index contributed by atoms with van der Waals surface area (Å²) in [4.78, 5) is 0. The maximum atomic E-state index is 8.99. The Morgan fingerprint density at radius 1 is 1.43 bits per heavy atom. The largest absolute Gasteiger partial charge is 0.487 e. The molecule has 78 valence electrons. The van der Waals surface area contributed by atoms with Crippen LogP contribution in [0.15, 0.2) is 6.07 Å². The van der Waals surface area contributed by atoms with Crippen molar-refractivity contribution in [3.05, 3.63) is 16.4 Å². The van der Waals surface area contributed by atoms with E-state index in [4.69, 9.17) is 38.2 Å². The minimum absolute atomic E-state index is 0.0551. The molecule has 0 aliphatic rings. The Hall–Kier alpha value is -0.620. The van der Waals surface area contributed by atoms with Gasteiger partial charge in [-0.15, -0.1) is 10.2 Å². The van der Waals surface area contributed by atoms with Gasteiger partial charge in [-0.1, -0.05) is 23.2 Å². The molecule has 0 aliphatic carbocycles. The van der Waals surface area contributed by atoms with Crippen molar-refractivity contribution in [3.63, 3.8) is 0 Å². The summed E-state index contributed by atoms with van der Waals surface area (Å²) in [5.41, 5.74) is 0. The monoisotopic (exact) mass is 238 g/mol. The van der Waals surface area contributed by atoms with E-state index in [2.05, 4.69) is 10.2 Å². The lowest BCUT2D eigenvalue weighted by atomic mass is 10.4. The first kappa shape index (κ1) is 11.5. The highest BCUT2D eigenvalue weighted by atomic mass is 35.5. The van der Waals surface area contributed by atoms with Gasteiger partial charge in [0.2, 0.25) is 0 Å². The van der Waals surface area contributed by atoms with E-state index in [0.29, 0.717) is 0 Å². The molecule has 1 atom stereocenters. The average Bonchev–Trinajstić information content (AvgIpc) is 2.19. The Morgan fingerprint density at radius 2 is 2.14 bits per heavy atom. The fraction of sp³-hybridized carbons (Fsp3) is 0.429. The molecule has 0 aliphatic heterocycles. The average molecular weight is 239 g/mol. The molecule has 1 aromatic heterocycles. The van der Waals surface area contributed by atoms with Crippen LogP contribution in [0.2, 0.25) is 10.3 Å². The molecule has 1 aromatic rings. The fourth-order valence-corrected chi connectivity index (χ4v) is 0.961. The molecule has 5 nitrogen and oxygen atoms in total. The number of aromatic nitrogens is 2. The zero-order chi connectivity index (χ0) is 10.6. The molecule has 0 saturated carbocycles. The summed E-state index contributed by atoms with van der Waals surface area (Å²) in [7, 11) is 0.